The molecule has 2 unspecified atom stereocenters. The molecule has 1 fully saturated rings. The fourth-order valence-electron chi connectivity index (χ4n) is 2.26. The van der Waals surface area contributed by atoms with Crippen molar-refractivity contribution in [3.8, 4) is 0 Å². The van der Waals surface area contributed by atoms with Gasteiger partial charge in [-0.2, -0.15) is 0 Å². The topological polar surface area (TPSA) is 42.2 Å². The lowest BCUT2D eigenvalue weighted by molar-refractivity contribution is -0.141. The number of nitrogens with zero attached hydrogens (tertiary/aromatic N) is 1. The number of carbonyl (C=O) groups is 1. The van der Waals surface area contributed by atoms with Crippen molar-refractivity contribution in [1.29, 1.82) is 0 Å². The summed E-state index contributed by atoms with van der Waals surface area (Å²) in [4.78, 5) is 10.7. The van der Waals surface area contributed by atoms with E-state index in [2.05, 4.69) is 4.57 Å². The highest BCUT2D eigenvalue weighted by molar-refractivity contribution is 5.70. The van der Waals surface area contributed by atoms with Gasteiger partial charge in [-0.1, -0.05) is 0 Å². The number of hydrogen-bond acceptors (Lipinski definition) is 1. The molecule has 1 aromatic heterocycles. The lowest BCUT2D eigenvalue weighted by Crippen LogP contribution is -2.11. The molecule has 0 amide bonds. The fraction of sp³-hybridized carbons (Fsp3) is 0.545. The summed E-state index contributed by atoms with van der Waals surface area (Å²) in [5, 5.41) is 8.85. The van der Waals surface area contributed by atoms with Crippen LogP contribution in [-0.4, -0.2) is 15.6 Å². The molecule has 0 aromatic carbocycles. The van der Waals surface area contributed by atoms with Gasteiger partial charge in [0.15, 0.2) is 0 Å². The van der Waals surface area contributed by atoms with E-state index in [-0.39, 0.29) is 5.92 Å². The maximum absolute atomic E-state index is 10.7. The highest BCUT2D eigenvalue weighted by Crippen LogP contribution is 2.31. The predicted octanol–water partition coefficient (Wildman–Crippen LogP) is 1.99. The van der Waals surface area contributed by atoms with Crippen LogP contribution in [0.25, 0.3) is 0 Å². The highest BCUT2D eigenvalue weighted by atomic mass is 16.4. The zero-order valence-electron chi connectivity index (χ0n) is 8.10. The van der Waals surface area contributed by atoms with Crippen LogP contribution >= 0.6 is 0 Å². The smallest absolute Gasteiger partial charge is 0.306 e. The Hall–Kier alpha value is -1.25. The largest absolute Gasteiger partial charge is 0.481 e. The molecular weight excluding hydrogens is 178 g/mol. The van der Waals surface area contributed by atoms with Crippen molar-refractivity contribution in [3.05, 3.63) is 24.5 Å². The first kappa shape index (κ1) is 9.31. The molecule has 1 saturated carbocycles. The van der Waals surface area contributed by atoms with Crippen LogP contribution in [0.15, 0.2) is 24.5 Å². The Morgan fingerprint density at radius 1 is 1.36 bits per heavy atom. The van der Waals surface area contributed by atoms with E-state index in [9.17, 15) is 4.79 Å². The Morgan fingerprint density at radius 2 is 2.07 bits per heavy atom. The molecule has 1 aliphatic carbocycles. The van der Waals surface area contributed by atoms with Crippen LogP contribution in [0.1, 0.15) is 19.3 Å². The van der Waals surface area contributed by atoms with Gasteiger partial charge in [-0.05, 0) is 37.3 Å². The standard InChI is InChI=1S/C11H15NO2/c13-11(14)10-4-3-9(7-10)8-12-5-1-2-6-12/h1-2,5-6,9-10H,3-4,7-8H2,(H,13,14). The van der Waals surface area contributed by atoms with Gasteiger partial charge >= 0.3 is 5.97 Å². The van der Waals surface area contributed by atoms with Gasteiger partial charge in [-0.3, -0.25) is 4.79 Å². The Bertz CT molecular complexity index is 305. The van der Waals surface area contributed by atoms with Crippen LogP contribution in [0.4, 0.5) is 0 Å². The van der Waals surface area contributed by atoms with Crippen LogP contribution in [-0.2, 0) is 11.3 Å². The second-order valence-electron chi connectivity index (χ2n) is 4.09. The highest BCUT2D eigenvalue weighted by Gasteiger charge is 2.29. The van der Waals surface area contributed by atoms with Crippen molar-refractivity contribution in [2.45, 2.75) is 25.8 Å². The molecule has 76 valence electrons. The van der Waals surface area contributed by atoms with Crippen LogP contribution < -0.4 is 0 Å². The third kappa shape index (κ3) is 1.97. The van der Waals surface area contributed by atoms with E-state index >= 15 is 0 Å². The van der Waals surface area contributed by atoms with Gasteiger partial charge in [0.05, 0.1) is 5.92 Å². The zero-order chi connectivity index (χ0) is 9.97. The van der Waals surface area contributed by atoms with Crippen molar-refractivity contribution in [3.63, 3.8) is 0 Å². The Balaban J connectivity index is 1.87. The lowest BCUT2D eigenvalue weighted by Gasteiger charge is -2.10. The van der Waals surface area contributed by atoms with Crippen molar-refractivity contribution in [2.75, 3.05) is 0 Å². The molecule has 3 heteroatoms. The number of aliphatic carboxylic acids is 1. The first-order valence-corrected chi connectivity index (χ1v) is 5.09. The van der Waals surface area contributed by atoms with Crippen molar-refractivity contribution in [2.24, 2.45) is 11.8 Å². The summed E-state index contributed by atoms with van der Waals surface area (Å²) >= 11 is 0. The van der Waals surface area contributed by atoms with E-state index in [0.717, 1.165) is 25.8 Å². The second kappa shape index (κ2) is 3.86. The van der Waals surface area contributed by atoms with Crippen molar-refractivity contribution in [1.82, 2.24) is 4.57 Å². The number of rotatable bonds is 3. The van der Waals surface area contributed by atoms with Gasteiger partial charge in [0.1, 0.15) is 0 Å². The third-order valence-electron chi connectivity index (χ3n) is 3.03. The monoisotopic (exact) mass is 193 g/mol. The zero-order valence-corrected chi connectivity index (χ0v) is 8.10. The van der Waals surface area contributed by atoms with E-state index in [1.165, 1.54) is 0 Å². The molecular formula is C11H15NO2. The predicted molar refractivity (Wildman–Crippen MR) is 52.9 cm³/mol. The number of carboxylic acid groups (broad SMARTS) is 1. The Labute approximate surface area is 83.4 Å². The molecule has 0 saturated heterocycles. The summed E-state index contributed by atoms with van der Waals surface area (Å²) < 4.78 is 2.13. The van der Waals surface area contributed by atoms with E-state index in [4.69, 9.17) is 5.11 Å². The number of carboxylic acids is 1. The summed E-state index contributed by atoms with van der Waals surface area (Å²) in [5.41, 5.74) is 0. The van der Waals surface area contributed by atoms with E-state index < -0.39 is 5.97 Å². The molecule has 0 aliphatic heterocycles. The van der Waals surface area contributed by atoms with Crippen molar-refractivity contribution < 1.29 is 9.90 Å². The summed E-state index contributed by atoms with van der Waals surface area (Å²) in [6, 6.07) is 4.01. The molecule has 0 radical (unpaired) electrons. The van der Waals surface area contributed by atoms with Crippen molar-refractivity contribution >= 4 is 5.97 Å². The maximum Gasteiger partial charge on any atom is 0.306 e. The van der Waals surface area contributed by atoms with Crippen LogP contribution in [0.3, 0.4) is 0 Å². The molecule has 1 aromatic rings. The third-order valence-corrected chi connectivity index (χ3v) is 3.03. The minimum absolute atomic E-state index is 0.101. The van der Waals surface area contributed by atoms with Gasteiger partial charge in [0.25, 0.3) is 0 Å². The SMILES string of the molecule is O=C(O)C1CCC(Cn2cccc2)C1. The van der Waals surface area contributed by atoms with Crippen LogP contribution in [0.2, 0.25) is 0 Å². The lowest BCUT2D eigenvalue weighted by atomic mass is 10.1. The van der Waals surface area contributed by atoms with Gasteiger partial charge in [0, 0.05) is 18.9 Å². The van der Waals surface area contributed by atoms with Gasteiger partial charge in [-0.15, -0.1) is 0 Å². The van der Waals surface area contributed by atoms with Crippen LogP contribution in [0, 0.1) is 11.8 Å². The molecule has 1 heterocycles. The molecule has 1 aliphatic rings. The second-order valence-corrected chi connectivity index (χ2v) is 4.09. The molecule has 2 rings (SSSR count). The normalized spacial score (nSPS) is 26.6. The molecule has 0 spiro atoms. The molecule has 3 nitrogen and oxygen atoms in total. The van der Waals surface area contributed by atoms with E-state index in [1.54, 1.807) is 0 Å². The Kier molecular flexibility index (Phi) is 2.57. The summed E-state index contributed by atoms with van der Waals surface area (Å²) in [6.07, 6.45) is 6.81. The average Bonchev–Trinajstić information content (AvgIpc) is 2.75. The Morgan fingerprint density at radius 3 is 2.64 bits per heavy atom. The molecule has 1 N–H and O–H groups in total. The molecule has 14 heavy (non-hydrogen) atoms. The minimum Gasteiger partial charge on any atom is -0.481 e. The minimum atomic E-state index is -0.625. The molecule has 0 bridgehead atoms. The first-order valence-electron chi connectivity index (χ1n) is 5.09. The van der Waals surface area contributed by atoms with E-state index in [0.29, 0.717) is 5.92 Å². The quantitative estimate of drug-likeness (QED) is 0.797. The summed E-state index contributed by atoms with van der Waals surface area (Å²) in [7, 11) is 0. The van der Waals surface area contributed by atoms with E-state index in [1.807, 2.05) is 24.5 Å². The summed E-state index contributed by atoms with van der Waals surface area (Å²) in [6.45, 7) is 0.969. The average molecular weight is 193 g/mol. The molecule has 2 atom stereocenters. The number of hydrogen-bond donors (Lipinski definition) is 1. The first-order chi connectivity index (χ1) is 6.75. The fourth-order valence-corrected chi connectivity index (χ4v) is 2.26. The maximum atomic E-state index is 10.7. The van der Waals surface area contributed by atoms with Crippen LogP contribution in [0.5, 0.6) is 0 Å². The van der Waals surface area contributed by atoms with Gasteiger partial charge < -0.3 is 9.67 Å². The van der Waals surface area contributed by atoms with Gasteiger partial charge in [-0.25, -0.2) is 0 Å². The summed E-state index contributed by atoms with van der Waals surface area (Å²) in [5.74, 6) is -0.181. The van der Waals surface area contributed by atoms with Gasteiger partial charge in [0.2, 0.25) is 0 Å². The number of aromatic nitrogens is 1.